The second kappa shape index (κ2) is 6.43. The molecule has 0 aromatic rings. The molecule has 0 aromatic heterocycles. The van der Waals surface area contributed by atoms with Gasteiger partial charge in [0.25, 0.3) is 0 Å². The van der Waals surface area contributed by atoms with Crippen LogP contribution >= 0.6 is 0 Å². The molecule has 0 radical (unpaired) electrons. The van der Waals surface area contributed by atoms with E-state index in [9.17, 15) is 14.7 Å². The molecule has 2 fully saturated rings. The zero-order valence-corrected chi connectivity index (χ0v) is 12.0. The fraction of sp³-hybridized carbons (Fsp3) is 0.857. The highest BCUT2D eigenvalue weighted by Crippen LogP contribution is 2.23. The van der Waals surface area contributed by atoms with E-state index in [2.05, 4.69) is 0 Å². The fourth-order valence-corrected chi connectivity index (χ4v) is 3.16. The summed E-state index contributed by atoms with van der Waals surface area (Å²) in [5, 5.41) is 18.6. The van der Waals surface area contributed by atoms with Crippen LogP contribution in [0.3, 0.4) is 0 Å². The molecule has 6 heteroatoms. The molecule has 2 N–H and O–H groups in total. The third kappa shape index (κ3) is 3.62. The number of aliphatic hydroxyl groups is 1. The number of carbonyl (C=O) groups excluding carboxylic acids is 1. The van der Waals surface area contributed by atoms with Gasteiger partial charge in [0.05, 0.1) is 6.10 Å². The molecule has 2 aliphatic heterocycles. The Morgan fingerprint density at radius 1 is 1.15 bits per heavy atom. The maximum atomic E-state index is 12.5. The minimum Gasteiger partial charge on any atom is -0.481 e. The molecule has 0 bridgehead atoms. The van der Waals surface area contributed by atoms with Gasteiger partial charge in [-0.05, 0) is 31.1 Å². The van der Waals surface area contributed by atoms with Gasteiger partial charge in [-0.2, -0.15) is 0 Å². The highest BCUT2D eigenvalue weighted by molar-refractivity contribution is 5.75. The van der Waals surface area contributed by atoms with Crippen LogP contribution in [0.5, 0.6) is 0 Å². The highest BCUT2D eigenvalue weighted by Gasteiger charge is 2.32. The van der Waals surface area contributed by atoms with E-state index in [0.29, 0.717) is 32.6 Å². The average molecular weight is 284 g/mol. The highest BCUT2D eigenvalue weighted by atomic mass is 16.4. The van der Waals surface area contributed by atoms with Gasteiger partial charge in [-0.1, -0.05) is 6.92 Å². The molecule has 2 heterocycles. The number of aliphatic hydroxyl groups excluding tert-OH is 1. The first-order valence-electron chi connectivity index (χ1n) is 7.41. The van der Waals surface area contributed by atoms with Crippen LogP contribution in [-0.4, -0.2) is 64.3 Å². The summed E-state index contributed by atoms with van der Waals surface area (Å²) in [6.07, 6.45) is 2.19. The van der Waals surface area contributed by atoms with E-state index in [-0.39, 0.29) is 30.4 Å². The van der Waals surface area contributed by atoms with E-state index in [0.717, 1.165) is 12.8 Å². The maximum absolute atomic E-state index is 12.5. The first-order valence-corrected chi connectivity index (χ1v) is 7.41. The van der Waals surface area contributed by atoms with Crippen molar-refractivity contribution < 1.29 is 19.8 Å². The molecule has 114 valence electrons. The summed E-state index contributed by atoms with van der Waals surface area (Å²) in [5.41, 5.74) is 0. The molecular formula is C14H24N2O4. The van der Waals surface area contributed by atoms with Crippen molar-refractivity contribution in [3.8, 4) is 0 Å². The molecular weight excluding hydrogens is 260 g/mol. The van der Waals surface area contributed by atoms with Crippen molar-refractivity contribution >= 4 is 12.0 Å². The summed E-state index contributed by atoms with van der Waals surface area (Å²) >= 11 is 0. The number of carboxylic acids is 1. The van der Waals surface area contributed by atoms with Crippen molar-refractivity contribution in [3.63, 3.8) is 0 Å². The molecule has 2 aliphatic rings. The number of carbonyl (C=O) groups is 2. The summed E-state index contributed by atoms with van der Waals surface area (Å²) in [7, 11) is 0. The quantitative estimate of drug-likeness (QED) is 0.792. The number of aliphatic carboxylic acids is 1. The SMILES string of the molecule is CC1CN(C(=O)N2CCCC(CC(=O)O)C2)CCC1O. The Hall–Kier alpha value is -1.30. The summed E-state index contributed by atoms with van der Waals surface area (Å²) in [4.78, 5) is 26.8. The van der Waals surface area contributed by atoms with E-state index in [1.165, 1.54) is 0 Å². The first-order chi connectivity index (χ1) is 9.47. The van der Waals surface area contributed by atoms with Gasteiger partial charge in [-0.15, -0.1) is 0 Å². The van der Waals surface area contributed by atoms with Crippen LogP contribution in [0.15, 0.2) is 0 Å². The van der Waals surface area contributed by atoms with E-state index in [1.54, 1.807) is 9.80 Å². The van der Waals surface area contributed by atoms with Crippen molar-refractivity contribution in [2.24, 2.45) is 11.8 Å². The molecule has 3 atom stereocenters. The third-order valence-corrected chi connectivity index (χ3v) is 4.38. The standard InChI is InChI=1S/C14H24N2O4/c1-10-8-16(6-4-12(10)17)14(20)15-5-2-3-11(9-15)7-13(18)19/h10-12,17H,2-9H2,1H3,(H,18,19). The van der Waals surface area contributed by atoms with Crippen LogP contribution in [0.2, 0.25) is 0 Å². The van der Waals surface area contributed by atoms with Gasteiger partial charge in [0.2, 0.25) is 0 Å². The Morgan fingerprint density at radius 2 is 1.85 bits per heavy atom. The summed E-state index contributed by atoms with van der Waals surface area (Å²) in [6, 6.07) is -0.00108. The van der Waals surface area contributed by atoms with Crippen LogP contribution in [0.1, 0.15) is 32.6 Å². The molecule has 2 rings (SSSR count). The van der Waals surface area contributed by atoms with E-state index < -0.39 is 5.97 Å². The lowest BCUT2D eigenvalue weighted by atomic mass is 9.94. The smallest absolute Gasteiger partial charge is 0.320 e. The number of rotatable bonds is 2. The molecule has 6 nitrogen and oxygen atoms in total. The van der Waals surface area contributed by atoms with Crippen molar-refractivity contribution in [2.75, 3.05) is 26.2 Å². The molecule has 0 aliphatic carbocycles. The predicted octanol–water partition coefficient (Wildman–Crippen LogP) is 0.996. The van der Waals surface area contributed by atoms with Gasteiger partial charge < -0.3 is 20.0 Å². The van der Waals surface area contributed by atoms with Crippen molar-refractivity contribution in [3.05, 3.63) is 0 Å². The summed E-state index contributed by atoms with van der Waals surface area (Å²) < 4.78 is 0. The average Bonchev–Trinajstić information content (AvgIpc) is 2.40. The van der Waals surface area contributed by atoms with Crippen LogP contribution in [0.4, 0.5) is 4.79 Å². The second-order valence-electron chi connectivity index (χ2n) is 6.11. The number of urea groups is 1. The lowest BCUT2D eigenvalue weighted by molar-refractivity contribution is -0.138. The number of likely N-dealkylation sites (tertiary alicyclic amines) is 2. The Kier molecular flexibility index (Phi) is 4.86. The van der Waals surface area contributed by atoms with Crippen molar-refractivity contribution in [2.45, 2.75) is 38.7 Å². The van der Waals surface area contributed by atoms with Crippen LogP contribution in [0, 0.1) is 11.8 Å². The summed E-state index contributed by atoms with van der Waals surface area (Å²) in [6.45, 7) is 4.37. The minimum atomic E-state index is -0.793. The number of hydrogen-bond donors (Lipinski definition) is 2. The van der Waals surface area contributed by atoms with Crippen molar-refractivity contribution in [1.29, 1.82) is 0 Å². The zero-order valence-electron chi connectivity index (χ0n) is 12.0. The van der Waals surface area contributed by atoms with E-state index in [1.807, 2.05) is 6.92 Å². The van der Waals surface area contributed by atoms with Gasteiger partial charge in [-0.3, -0.25) is 4.79 Å². The normalized spacial score (nSPS) is 31.2. The molecule has 20 heavy (non-hydrogen) atoms. The van der Waals surface area contributed by atoms with Crippen LogP contribution in [0.25, 0.3) is 0 Å². The Morgan fingerprint density at radius 3 is 2.50 bits per heavy atom. The molecule has 0 spiro atoms. The summed E-state index contributed by atoms with van der Waals surface area (Å²) in [5.74, 6) is -0.621. The predicted molar refractivity (Wildman–Crippen MR) is 73.3 cm³/mol. The van der Waals surface area contributed by atoms with Gasteiger partial charge >= 0.3 is 12.0 Å². The lowest BCUT2D eigenvalue weighted by Gasteiger charge is -2.40. The lowest BCUT2D eigenvalue weighted by Crippen LogP contribution is -2.52. The van der Waals surface area contributed by atoms with Gasteiger partial charge in [0.1, 0.15) is 0 Å². The first kappa shape index (κ1) is 15.1. The van der Waals surface area contributed by atoms with Gasteiger partial charge in [-0.25, -0.2) is 4.79 Å². The number of hydrogen-bond acceptors (Lipinski definition) is 3. The number of nitrogens with zero attached hydrogens (tertiary/aromatic N) is 2. The van der Waals surface area contributed by atoms with Crippen molar-refractivity contribution in [1.82, 2.24) is 9.80 Å². The molecule has 2 amide bonds. The second-order valence-corrected chi connectivity index (χ2v) is 6.11. The van der Waals surface area contributed by atoms with E-state index >= 15 is 0 Å². The molecule has 2 saturated heterocycles. The number of carboxylic acid groups (broad SMARTS) is 1. The third-order valence-electron chi connectivity index (χ3n) is 4.38. The minimum absolute atomic E-state index is 0.00108. The van der Waals surface area contributed by atoms with Gasteiger partial charge in [0, 0.05) is 32.6 Å². The maximum Gasteiger partial charge on any atom is 0.320 e. The van der Waals surface area contributed by atoms with Crippen LogP contribution in [-0.2, 0) is 4.79 Å². The molecule has 3 unspecified atom stereocenters. The van der Waals surface area contributed by atoms with Crippen LogP contribution < -0.4 is 0 Å². The zero-order chi connectivity index (χ0) is 14.7. The Labute approximate surface area is 119 Å². The number of amides is 2. The van der Waals surface area contributed by atoms with Gasteiger partial charge in [0.15, 0.2) is 0 Å². The fourth-order valence-electron chi connectivity index (χ4n) is 3.16. The molecule has 0 saturated carbocycles. The number of piperidine rings is 2. The monoisotopic (exact) mass is 284 g/mol. The largest absolute Gasteiger partial charge is 0.481 e. The van der Waals surface area contributed by atoms with E-state index in [4.69, 9.17) is 5.11 Å². The Bertz CT molecular complexity index is 374. The molecule has 0 aromatic carbocycles. The Balaban J connectivity index is 1.90. The topological polar surface area (TPSA) is 81.1 Å².